The molecule has 0 radical (unpaired) electrons. The lowest BCUT2D eigenvalue weighted by Gasteiger charge is -2.18. The van der Waals surface area contributed by atoms with Crippen molar-refractivity contribution in [2.24, 2.45) is 0 Å². The molecular formula is C17H24N2O2. The van der Waals surface area contributed by atoms with E-state index in [0.29, 0.717) is 12.1 Å². The van der Waals surface area contributed by atoms with E-state index in [4.69, 9.17) is 4.74 Å². The molecule has 0 saturated heterocycles. The molecule has 4 heteroatoms. The summed E-state index contributed by atoms with van der Waals surface area (Å²) in [5, 5.41) is 3.50. The Morgan fingerprint density at radius 3 is 2.90 bits per heavy atom. The lowest BCUT2D eigenvalue weighted by atomic mass is 10.1. The van der Waals surface area contributed by atoms with E-state index in [2.05, 4.69) is 18.3 Å². The Bertz CT molecular complexity index is 526. The Kier molecular flexibility index (Phi) is 4.15. The van der Waals surface area contributed by atoms with E-state index in [1.54, 1.807) is 0 Å². The molecule has 1 amide bonds. The van der Waals surface area contributed by atoms with E-state index in [1.807, 2.05) is 24.1 Å². The van der Waals surface area contributed by atoms with Crippen molar-refractivity contribution in [3.8, 4) is 5.75 Å². The van der Waals surface area contributed by atoms with Gasteiger partial charge < -0.3 is 15.0 Å². The van der Waals surface area contributed by atoms with Gasteiger partial charge in [0.15, 0.2) is 6.61 Å². The molecular weight excluding hydrogens is 264 g/mol. The van der Waals surface area contributed by atoms with Crippen LogP contribution in [0.3, 0.4) is 0 Å². The summed E-state index contributed by atoms with van der Waals surface area (Å²) in [5.41, 5.74) is 2.60. The number of rotatable bonds is 6. The fourth-order valence-corrected chi connectivity index (χ4v) is 3.12. The zero-order chi connectivity index (χ0) is 14.8. The zero-order valence-corrected chi connectivity index (χ0v) is 12.9. The van der Waals surface area contributed by atoms with Gasteiger partial charge in [0, 0.05) is 19.1 Å². The highest BCUT2D eigenvalue weighted by Gasteiger charge is 2.30. The van der Waals surface area contributed by atoms with Crippen molar-refractivity contribution in [1.29, 1.82) is 0 Å². The first kappa shape index (κ1) is 14.4. The van der Waals surface area contributed by atoms with E-state index in [0.717, 1.165) is 38.0 Å². The zero-order valence-electron chi connectivity index (χ0n) is 12.9. The van der Waals surface area contributed by atoms with E-state index >= 15 is 0 Å². The topological polar surface area (TPSA) is 41.6 Å². The number of benzene rings is 1. The molecule has 2 aliphatic carbocycles. The molecule has 0 aliphatic heterocycles. The second kappa shape index (κ2) is 6.06. The Morgan fingerprint density at radius 2 is 2.19 bits per heavy atom. The van der Waals surface area contributed by atoms with Gasteiger partial charge in [0.2, 0.25) is 0 Å². The Balaban J connectivity index is 1.65. The molecule has 1 saturated carbocycles. The summed E-state index contributed by atoms with van der Waals surface area (Å²) < 4.78 is 5.82. The van der Waals surface area contributed by atoms with Crippen LogP contribution in [0.4, 0.5) is 0 Å². The predicted octanol–water partition coefficient (Wildman–Crippen LogP) is 2.28. The minimum Gasteiger partial charge on any atom is -0.483 e. The lowest BCUT2D eigenvalue weighted by Crippen LogP contribution is -2.33. The van der Waals surface area contributed by atoms with Crippen LogP contribution in [0.5, 0.6) is 5.75 Å². The average Bonchev–Trinajstić information content (AvgIpc) is 3.27. The normalized spacial score (nSPS) is 20.2. The van der Waals surface area contributed by atoms with Crippen molar-refractivity contribution in [1.82, 2.24) is 10.2 Å². The summed E-state index contributed by atoms with van der Waals surface area (Å²) in [6, 6.07) is 7.05. The first-order valence-electron chi connectivity index (χ1n) is 7.94. The maximum atomic E-state index is 12.1. The average molecular weight is 288 g/mol. The highest BCUT2D eigenvalue weighted by molar-refractivity contribution is 5.78. The molecule has 114 valence electrons. The Hall–Kier alpha value is -1.55. The van der Waals surface area contributed by atoms with Gasteiger partial charge in [0.25, 0.3) is 5.91 Å². The van der Waals surface area contributed by atoms with Gasteiger partial charge in [0.05, 0.1) is 0 Å². The van der Waals surface area contributed by atoms with Crippen LogP contribution < -0.4 is 10.1 Å². The second-order valence-corrected chi connectivity index (χ2v) is 6.00. The van der Waals surface area contributed by atoms with Crippen molar-refractivity contribution in [2.45, 2.75) is 44.7 Å². The summed E-state index contributed by atoms with van der Waals surface area (Å²) in [7, 11) is 1.87. The molecule has 0 aromatic heterocycles. The maximum absolute atomic E-state index is 12.1. The van der Waals surface area contributed by atoms with Crippen LogP contribution in [-0.4, -0.2) is 37.0 Å². The molecule has 3 rings (SSSR count). The first-order valence-corrected chi connectivity index (χ1v) is 7.94. The summed E-state index contributed by atoms with van der Waals surface area (Å²) in [6.45, 7) is 3.25. The monoisotopic (exact) mass is 288 g/mol. The Labute approximate surface area is 126 Å². The highest BCUT2D eigenvalue weighted by Crippen LogP contribution is 2.36. The second-order valence-electron chi connectivity index (χ2n) is 6.00. The van der Waals surface area contributed by atoms with Gasteiger partial charge in [-0.25, -0.2) is 0 Å². The molecule has 0 spiro atoms. The minimum absolute atomic E-state index is 0.0799. The summed E-state index contributed by atoms with van der Waals surface area (Å²) >= 11 is 0. The number of ether oxygens (including phenoxy) is 1. The molecule has 1 N–H and O–H groups in total. The number of carbonyl (C=O) groups excluding carboxylic acids is 1. The van der Waals surface area contributed by atoms with Crippen LogP contribution >= 0.6 is 0 Å². The molecule has 0 bridgehead atoms. The molecule has 1 aromatic carbocycles. The van der Waals surface area contributed by atoms with E-state index in [9.17, 15) is 4.79 Å². The molecule has 1 fully saturated rings. The SMILES string of the molecule is CCNC1CCc2c(OCC(=O)N(C)C3CC3)cccc21. The number of hydrogen-bond acceptors (Lipinski definition) is 3. The fraction of sp³-hybridized carbons (Fsp3) is 0.588. The van der Waals surface area contributed by atoms with Crippen molar-refractivity contribution < 1.29 is 9.53 Å². The molecule has 1 aromatic rings. The number of nitrogens with zero attached hydrogens (tertiary/aromatic N) is 1. The van der Waals surface area contributed by atoms with Crippen molar-refractivity contribution >= 4 is 5.91 Å². The van der Waals surface area contributed by atoms with Gasteiger partial charge in [-0.2, -0.15) is 0 Å². The number of nitrogens with one attached hydrogen (secondary N) is 1. The van der Waals surface area contributed by atoms with Crippen molar-refractivity contribution in [3.63, 3.8) is 0 Å². The summed E-state index contributed by atoms with van der Waals surface area (Å²) in [4.78, 5) is 13.9. The van der Waals surface area contributed by atoms with Gasteiger partial charge in [0.1, 0.15) is 5.75 Å². The Morgan fingerprint density at radius 1 is 1.38 bits per heavy atom. The maximum Gasteiger partial charge on any atom is 0.260 e. The fourth-order valence-electron chi connectivity index (χ4n) is 3.12. The quantitative estimate of drug-likeness (QED) is 0.873. The highest BCUT2D eigenvalue weighted by atomic mass is 16.5. The number of hydrogen-bond donors (Lipinski definition) is 1. The van der Waals surface area contributed by atoms with E-state index in [-0.39, 0.29) is 12.5 Å². The van der Waals surface area contributed by atoms with E-state index < -0.39 is 0 Å². The summed E-state index contributed by atoms with van der Waals surface area (Å²) in [5.74, 6) is 0.960. The molecule has 21 heavy (non-hydrogen) atoms. The third-order valence-electron chi connectivity index (χ3n) is 4.52. The van der Waals surface area contributed by atoms with Gasteiger partial charge in [-0.3, -0.25) is 4.79 Å². The van der Waals surface area contributed by atoms with Gasteiger partial charge in [-0.1, -0.05) is 19.1 Å². The number of fused-ring (bicyclic) bond motifs is 1. The van der Waals surface area contributed by atoms with Crippen LogP contribution in [0.2, 0.25) is 0 Å². The number of carbonyl (C=O) groups is 1. The third kappa shape index (κ3) is 3.05. The number of likely N-dealkylation sites (N-methyl/N-ethyl adjacent to an activating group) is 1. The van der Waals surface area contributed by atoms with Gasteiger partial charge >= 0.3 is 0 Å². The lowest BCUT2D eigenvalue weighted by molar-refractivity contribution is -0.132. The van der Waals surface area contributed by atoms with Crippen LogP contribution in [0.1, 0.15) is 43.4 Å². The standard InChI is InChI=1S/C17H24N2O2/c1-3-18-15-10-9-14-13(15)5-4-6-16(14)21-11-17(20)19(2)12-7-8-12/h4-6,12,15,18H,3,7-11H2,1-2H3. The van der Waals surface area contributed by atoms with Gasteiger partial charge in [-0.15, -0.1) is 0 Å². The first-order chi connectivity index (χ1) is 10.2. The molecule has 4 nitrogen and oxygen atoms in total. The molecule has 0 heterocycles. The summed E-state index contributed by atoms with van der Waals surface area (Å²) in [6.07, 6.45) is 4.40. The van der Waals surface area contributed by atoms with Crippen LogP contribution in [-0.2, 0) is 11.2 Å². The third-order valence-corrected chi connectivity index (χ3v) is 4.52. The molecule has 1 unspecified atom stereocenters. The molecule has 1 atom stereocenters. The minimum atomic E-state index is 0.0799. The van der Waals surface area contributed by atoms with Crippen molar-refractivity contribution in [3.05, 3.63) is 29.3 Å². The van der Waals surface area contributed by atoms with E-state index in [1.165, 1.54) is 11.1 Å². The van der Waals surface area contributed by atoms with Crippen LogP contribution in [0.25, 0.3) is 0 Å². The van der Waals surface area contributed by atoms with Crippen LogP contribution in [0.15, 0.2) is 18.2 Å². The smallest absolute Gasteiger partial charge is 0.260 e. The molecule has 2 aliphatic rings. The predicted molar refractivity (Wildman–Crippen MR) is 82.5 cm³/mol. The number of amides is 1. The van der Waals surface area contributed by atoms with Crippen LogP contribution in [0, 0.1) is 0 Å². The van der Waals surface area contributed by atoms with Crippen molar-refractivity contribution in [2.75, 3.05) is 20.2 Å². The largest absolute Gasteiger partial charge is 0.483 e. The van der Waals surface area contributed by atoms with Gasteiger partial charge in [-0.05, 0) is 49.4 Å².